The van der Waals surface area contributed by atoms with Crippen molar-refractivity contribution >= 4 is 53.2 Å². The molecule has 1 saturated heterocycles. The fraction of sp³-hybridized carbons (Fsp3) is 0.611. The van der Waals surface area contributed by atoms with Crippen LogP contribution in [0.15, 0.2) is 42.5 Å². The van der Waals surface area contributed by atoms with Crippen LogP contribution in [0, 0.1) is 29.6 Å². The van der Waals surface area contributed by atoms with E-state index in [0.29, 0.717) is 17.5 Å². The van der Waals surface area contributed by atoms with E-state index in [1.807, 2.05) is 62.3 Å². The van der Waals surface area contributed by atoms with E-state index < -0.39 is 108 Å². The number of ether oxygens (including phenoxy) is 2. The van der Waals surface area contributed by atoms with Crippen LogP contribution in [0.3, 0.4) is 0 Å². The summed E-state index contributed by atoms with van der Waals surface area (Å²) in [6.07, 6.45) is -0.776. The average molecular weight is 1030 g/mol. The van der Waals surface area contributed by atoms with Crippen molar-refractivity contribution in [1.82, 2.24) is 42.5 Å². The number of hydrogen-bond acceptors (Lipinski definition) is 12. The Kier molecular flexibility index (Phi) is 22.3. The van der Waals surface area contributed by atoms with Gasteiger partial charge in [-0.15, -0.1) is 0 Å². The molecule has 2 aromatic rings. The van der Waals surface area contributed by atoms with Crippen LogP contribution < -0.4 is 47.3 Å². The molecule has 20 heteroatoms. The molecule has 74 heavy (non-hydrogen) atoms. The summed E-state index contributed by atoms with van der Waals surface area (Å²) in [5, 5.41) is 32.8. The van der Waals surface area contributed by atoms with E-state index in [1.165, 1.54) is 32.0 Å². The quantitative estimate of drug-likeness (QED) is 0.116. The zero-order valence-electron chi connectivity index (χ0n) is 45.0. The zero-order chi connectivity index (χ0) is 55.1. The minimum Gasteiger partial charge on any atom is -0.504 e. The van der Waals surface area contributed by atoms with Crippen LogP contribution >= 0.6 is 0 Å². The van der Waals surface area contributed by atoms with E-state index in [1.54, 1.807) is 31.2 Å². The fourth-order valence-electron chi connectivity index (χ4n) is 8.61. The van der Waals surface area contributed by atoms with E-state index >= 15 is 0 Å². The molecule has 3 aliphatic heterocycles. The van der Waals surface area contributed by atoms with Crippen LogP contribution in [0.25, 0.3) is 0 Å². The Labute approximate surface area is 435 Å². The molecule has 0 saturated carbocycles. The lowest BCUT2D eigenvalue weighted by Crippen LogP contribution is -2.63. The highest BCUT2D eigenvalue weighted by Crippen LogP contribution is 2.32. The summed E-state index contributed by atoms with van der Waals surface area (Å²) in [7, 11) is 0. The average Bonchev–Trinajstić information content (AvgIpc) is 3.30. The first kappa shape index (κ1) is 59.8. The van der Waals surface area contributed by atoms with Gasteiger partial charge < -0.3 is 57.1 Å². The number of nitrogens with one attached hydrogen (secondary N) is 8. The van der Waals surface area contributed by atoms with Gasteiger partial charge in [-0.2, -0.15) is 0 Å². The molecule has 6 bridgehead atoms. The third-order valence-corrected chi connectivity index (χ3v) is 12.8. The molecule has 20 nitrogen and oxygen atoms in total. The van der Waals surface area contributed by atoms with Crippen LogP contribution in [0.5, 0.6) is 17.2 Å². The largest absolute Gasteiger partial charge is 0.504 e. The summed E-state index contributed by atoms with van der Waals surface area (Å²) in [6.45, 7) is 21.3. The molecule has 3 heterocycles. The molecule has 0 unspecified atom stereocenters. The highest BCUT2D eigenvalue weighted by molar-refractivity contribution is 5.98. The van der Waals surface area contributed by atoms with Gasteiger partial charge in [-0.05, 0) is 98.1 Å². The monoisotopic (exact) mass is 1030 g/mol. The van der Waals surface area contributed by atoms with Gasteiger partial charge in [-0.3, -0.25) is 38.4 Å². The van der Waals surface area contributed by atoms with Crippen LogP contribution in [-0.2, 0) is 60.7 Å². The molecule has 3 aliphatic rings. The molecule has 9 N–H and O–H groups in total. The Balaban J connectivity index is 1.86. The Hall–Kier alpha value is -6.73. The summed E-state index contributed by atoms with van der Waals surface area (Å²) >= 11 is 0. The molecular weight excluding hydrogens is 953 g/mol. The molecule has 1 fully saturated rings. The van der Waals surface area contributed by atoms with Crippen LogP contribution in [0.4, 0.5) is 0 Å². The van der Waals surface area contributed by atoms with Gasteiger partial charge in [-0.25, -0.2) is 4.79 Å². The Morgan fingerprint density at radius 2 is 1.26 bits per heavy atom. The van der Waals surface area contributed by atoms with E-state index in [-0.39, 0.29) is 85.4 Å². The smallest absolute Gasteiger partial charge is 0.329 e. The van der Waals surface area contributed by atoms with Crippen LogP contribution in [0.1, 0.15) is 126 Å². The normalized spacial score (nSPS) is 23.5. The second kappa shape index (κ2) is 27.5. The minimum absolute atomic E-state index is 0.000340. The number of aromatic hydroxyl groups is 1. The van der Waals surface area contributed by atoms with Gasteiger partial charge in [0.05, 0.1) is 0 Å². The topological polar surface area (TPSA) is 289 Å². The van der Waals surface area contributed by atoms with Crippen molar-refractivity contribution in [1.29, 1.82) is 0 Å². The molecule has 8 amide bonds. The van der Waals surface area contributed by atoms with Gasteiger partial charge >= 0.3 is 5.97 Å². The van der Waals surface area contributed by atoms with Gasteiger partial charge in [0.2, 0.25) is 47.3 Å². The van der Waals surface area contributed by atoms with Crippen molar-refractivity contribution < 1.29 is 57.7 Å². The SMILES string of the molecule is CC[C@H](C)[C@@H]1NC(=O)[C@H](CC(C)C)NC(=O)[C@@H](CC(C)C)NC(=O)[C@H]2NC(=O)[C@H](NC(=O)[C@@H](C)NC(=O)[C@H](CC(C)C)NC(=O)CC(C)C)Cc3ccc(cc3)Oc3cc(ccc3O)C[C@H](NC1=O)C(=O)O[C@@H]2C. The van der Waals surface area contributed by atoms with E-state index in [9.17, 15) is 48.3 Å². The summed E-state index contributed by atoms with van der Waals surface area (Å²) in [6, 6.07) is 0.294. The maximum atomic E-state index is 14.8. The van der Waals surface area contributed by atoms with Crippen LogP contribution in [-0.4, -0.2) is 113 Å². The first-order valence-electron chi connectivity index (χ1n) is 26.0. The van der Waals surface area contributed by atoms with Crippen molar-refractivity contribution in [2.75, 3.05) is 0 Å². The lowest BCUT2D eigenvalue weighted by atomic mass is 9.95. The first-order valence-corrected chi connectivity index (χ1v) is 26.0. The van der Waals surface area contributed by atoms with Crippen LogP contribution in [0.2, 0.25) is 0 Å². The number of esters is 1. The molecule has 5 rings (SSSR count). The fourth-order valence-corrected chi connectivity index (χ4v) is 8.61. The maximum absolute atomic E-state index is 14.8. The lowest BCUT2D eigenvalue weighted by Gasteiger charge is -2.32. The third-order valence-electron chi connectivity index (χ3n) is 12.8. The molecule has 408 valence electrons. The predicted molar refractivity (Wildman–Crippen MR) is 276 cm³/mol. The molecule has 0 aromatic heterocycles. The molecule has 0 aliphatic carbocycles. The van der Waals surface area contributed by atoms with Crippen molar-refractivity contribution in [3.05, 3.63) is 53.6 Å². The summed E-state index contributed by atoms with van der Waals surface area (Å²) in [5.74, 6) is -7.45. The second-order valence-electron chi connectivity index (χ2n) is 21.5. The molecule has 0 radical (unpaired) electrons. The number of hydrogen-bond donors (Lipinski definition) is 9. The Morgan fingerprint density at radius 3 is 1.84 bits per heavy atom. The standard InChI is InChI=1S/C54H80N8O12/c1-13-31(10)45-52(70)60-41-25-35-16-19-42(63)43(26-35)74-36-17-14-34(15-18-36)24-40(57-47(65)32(11)55-48(66)37(20-27(2)3)56-44(64)23-30(8)9)51(69)62-46(33(12)73-54(41)72)53(71)59-38(21-28(4)5)49(67)58-39(22-29(6)7)50(68)61-45/h14-19,26-33,37-41,45-46,63H,13,20-25H2,1-12H3,(H,55,66)(H,56,64)(H,57,65)(H,58,67)(H,59,71)(H,60,70)(H,61,68)(H,62,69)/t31-,32+,33+,37-,38+,39-,40+,41-,45-,46-/m0/s1. The second-order valence-corrected chi connectivity index (χ2v) is 21.5. The van der Waals surface area contributed by atoms with Gasteiger partial charge in [-0.1, -0.05) is 93.9 Å². The molecule has 0 spiro atoms. The van der Waals surface area contributed by atoms with E-state index in [2.05, 4.69) is 42.5 Å². The number of phenolic OH excluding ortho intramolecular Hbond substituents is 1. The van der Waals surface area contributed by atoms with Gasteiger partial charge in [0.1, 0.15) is 60.2 Å². The van der Waals surface area contributed by atoms with Crippen molar-refractivity contribution in [3.63, 3.8) is 0 Å². The number of rotatable bonds is 15. The van der Waals surface area contributed by atoms with Gasteiger partial charge in [0, 0.05) is 19.3 Å². The Bertz CT molecular complexity index is 2320. The van der Waals surface area contributed by atoms with E-state index in [4.69, 9.17) is 9.47 Å². The number of phenols is 1. The zero-order valence-corrected chi connectivity index (χ0v) is 45.0. The predicted octanol–water partition coefficient (Wildman–Crippen LogP) is 3.36. The van der Waals surface area contributed by atoms with Crippen molar-refractivity contribution in [2.24, 2.45) is 29.6 Å². The summed E-state index contributed by atoms with van der Waals surface area (Å²) in [5.41, 5.74) is 0.918. The number of fused-ring (bicyclic) bond motifs is 5. The maximum Gasteiger partial charge on any atom is 0.329 e. The van der Waals surface area contributed by atoms with Gasteiger partial charge in [0.25, 0.3) is 0 Å². The highest BCUT2D eigenvalue weighted by atomic mass is 16.5. The minimum atomic E-state index is -1.74. The number of amides is 8. The van der Waals surface area contributed by atoms with E-state index in [0.717, 1.165) is 0 Å². The highest BCUT2D eigenvalue weighted by Gasteiger charge is 2.40. The molecule has 2 aromatic carbocycles. The number of benzene rings is 2. The van der Waals surface area contributed by atoms with Gasteiger partial charge in [0.15, 0.2) is 11.5 Å². The van der Waals surface area contributed by atoms with Crippen molar-refractivity contribution in [3.8, 4) is 17.2 Å². The summed E-state index contributed by atoms with van der Waals surface area (Å²) < 4.78 is 12.1. The Morgan fingerprint density at radius 1 is 0.662 bits per heavy atom. The number of carbonyl (C=O) groups is 9. The number of carbonyl (C=O) groups excluding carboxylic acids is 9. The lowest BCUT2D eigenvalue weighted by molar-refractivity contribution is -0.156. The first-order chi connectivity index (χ1) is 34.7. The summed E-state index contributed by atoms with van der Waals surface area (Å²) in [4.78, 5) is 127. The third kappa shape index (κ3) is 18.0. The molecule has 10 atom stereocenters. The molecular formula is C54H80N8O12. The van der Waals surface area contributed by atoms with Crippen molar-refractivity contribution in [2.45, 2.75) is 182 Å².